The Bertz CT molecular complexity index is 27.0. The third-order valence-corrected chi connectivity index (χ3v) is 0. The van der Waals surface area contributed by atoms with Gasteiger partial charge in [0.15, 0.2) is 0 Å². The van der Waals surface area contributed by atoms with Crippen molar-refractivity contribution >= 4 is 0 Å². The molecule has 24 valence electrons. The zero-order valence-electron chi connectivity index (χ0n) is 1.67. The van der Waals surface area contributed by atoms with Crippen LogP contribution in [0.3, 0.4) is 0 Å². The second kappa shape index (κ2) is 8.82. The molecule has 0 aliphatic rings. The fourth-order valence-electron chi connectivity index (χ4n) is 0. The van der Waals surface area contributed by atoms with Gasteiger partial charge in [-0.1, -0.05) is 0 Å². The van der Waals surface area contributed by atoms with Crippen molar-refractivity contribution in [1.82, 2.24) is 0 Å². The molecule has 0 radical (unpaired) electrons. The molecular weight excluding hydrogens is 120 g/mol. The Hall–Kier alpha value is 1.57. The van der Waals surface area contributed by atoms with Crippen LogP contribution in [0.2, 0.25) is 0 Å². The van der Waals surface area contributed by atoms with Gasteiger partial charge in [-0.15, -0.1) is 0 Å². The van der Waals surface area contributed by atoms with E-state index in [0.29, 0.717) is 0 Å². The first kappa shape index (κ1) is 9.13. The number of hydrogen-bond acceptors (Lipinski definition) is 2. The summed E-state index contributed by atoms with van der Waals surface area (Å²) in [6, 6.07) is 0. The van der Waals surface area contributed by atoms with Gasteiger partial charge in [-0.25, -0.2) is 0 Å². The SMILES string of the molecule is [Ar].[O]=[Ti]=[O]. The van der Waals surface area contributed by atoms with E-state index in [9.17, 15) is 0 Å². The number of hydrogen-bond donors (Lipinski definition) is 0. The van der Waals surface area contributed by atoms with E-state index in [1.54, 1.807) is 0 Å². The van der Waals surface area contributed by atoms with Crippen molar-refractivity contribution in [2.75, 3.05) is 0 Å². The summed E-state index contributed by atoms with van der Waals surface area (Å²) in [5.41, 5.74) is 0. The van der Waals surface area contributed by atoms with Gasteiger partial charge in [0, 0.05) is 37.7 Å². The van der Waals surface area contributed by atoms with Crippen molar-refractivity contribution in [3.05, 3.63) is 0 Å². The molecule has 0 atom stereocenters. The van der Waals surface area contributed by atoms with Crippen LogP contribution in [0.4, 0.5) is 0 Å². The van der Waals surface area contributed by atoms with Gasteiger partial charge in [-0.05, 0) is 0 Å². The van der Waals surface area contributed by atoms with E-state index in [1.807, 2.05) is 0 Å². The molecule has 4 heavy (non-hydrogen) atoms. The van der Waals surface area contributed by atoms with Gasteiger partial charge in [-0.3, -0.25) is 0 Å². The van der Waals surface area contributed by atoms with E-state index in [-0.39, 0.29) is 37.7 Å². The second-order valence-electron chi connectivity index (χ2n) is 0.0833. The molecule has 0 spiro atoms. The third kappa shape index (κ3) is 9.56. The van der Waals surface area contributed by atoms with Crippen LogP contribution in [0.25, 0.3) is 0 Å². The summed E-state index contributed by atoms with van der Waals surface area (Å²) in [7, 11) is 0. The van der Waals surface area contributed by atoms with Crippen LogP contribution in [0, 0.1) is 37.7 Å². The molecule has 0 unspecified atom stereocenters. The van der Waals surface area contributed by atoms with Crippen LogP contribution in [0.5, 0.6) is 0 Å². The first-order valence-corrected chi connectivity index (χ1v) is 1.68. The van der Waals surface area contributed by atoms with Crippen LogP contribution >= 0.6 is 0 Å². The van der Waals surface area contributed by atoms with Crippen molar-refractivity contribution < 1.29 is 63.5 Å². The quantitative estimate of drug-likeness (QED) is 0.413. The fourth-order valence-corrected chi connectivity index (χ4v) is 0. The van der Waals surface area contributed by atoms with Gasteiger partial charge in [0.2, 0.25) is 0 Å². The molecule has 0 aromatic rings. The molecule has 0 bridgehead atoms. The van der Waals surface area contributed by atoms with Crippen molar-refractivity contribution in [3.63, 3.8) is 0 Å². The van der Waals surface area contributed by atoms with Crippen LogP contribution in [-0.2, 0) is 25.7 Å². The normalized spacial score (nSPS) is 2.00. The number of rotatable bonds is 0. The summed E-state index contributed by atoms with van der Waals surface area (Å²) in [5, 5.41) is 0. The standard InChI is InChI=1S/Ar.2O.Ti. The molecule has 0 aromatic carbocycles. The average molecular weight is 120 g/mol. The van der Waals surface area contributed by atoms with Crippen molar-refractivity contribution in [1.29, 1.82) is 0 Å². The van der Waals surface area contributed by atoms with Crippen LogP contribution in [0.1, 0.15) is 0 Å². The molecule has 0 saturated carbocycles. The van der Waals surface area contributed by atoms with Crippen molar-refractivity contribution in [2.45, 2.75) is 0 Å². The van der Waals surface area contributed by atoms with Crippen molar-refractivity contribution in [2.24, 2.45) is 0 Å². The van der Waals surface area contributed by atoms with E-state index in [1.165, 1.54) is 0 Å². The third-order valence-electron chi connectivity index (χ3n) is 0. The van der Waals surface area contributed by atoms with E-state index in [0.717, 1.165) is 0 Å². The first-order chi connectivity index (χ1) is 1.41. The Morgan fingerprint density at radius 2 is 1.25 bits per heavy atom. The van der Waals surface area contributed by atoms with Crippen LogP contribution in [0.15, 0.2) is 0 Å². The minimum atomic E-state index is -2.00. The maximum absolute atomic E-state index is 8.50. The summed E-state index contributed by atoms with van der Waals surface area (Å²) < 4.78 is 17.0. The Labute approximate surface area is 62.5 Å². The zero-order valence-corrected chi connectivity index (χ0v) is 3.94. The molecule has 0 rings (SSSR count). The van der Waals surface area contributed by atoms with Crippen molar-refractivity contribution in [3.8, 4) is 0 Å². The fraction of sp³-hybridized carbons (Fsp3) is 0. The monoisotopic (exact) mass is 120 g/mol. The van der Waals surface area contributed by atoms with Crippen LogP contribution in [-0.4, -0.2) is 0 Å². The predicted molar refractivity (Wildman–Crippen MR) is 1.37 cm³/mol. The Kier molecular flexibility index (Phi) is 20.1. The van der Waals surface area contributed by atoms with Gasteiger partial charge in [-0.2, -0.15) is 0 Å². The van der Waals surface area contributed by atoms with Gasteiger partial charge in [0.05, 0.1) is 0 Å². The van der Waals surface area contributed by atoms with E-state index in [4.69, 9.17) is 6.65 Å². The van der Waals surface area contributed by atoms with E-state index >= 15 is 0 Å². The predicted octanol–water partition coefficient (Wildman–Crippen LogP) is -0.240. The zero-order chi connectivity index (χ0) is 2.71. The van der Waals surface area contributed by atoms with Gasteiger partial charge in [0.25, 0.3) is 0 Å². The molecule has 0 amide bonds. The Morgan fingerprint density at radius 1 is 1.25 bits per heavy atom. The molecule has 2 nitrogen and oxygen atoms in total. The first-order valence-electron chi connectivity index (χ1n) is 0.408. The van der Waals surface area contributed by atoms with E-state index < -0.39 is 19.1 Å². The molecule has 0 aliphatic carbocycles. The Balaban J connectivity index is 0. The molecule has 0 fully saturated rings. The average Bonchev–Trinajstić information content (AvgIpc) is 0.918. The molecule has 4 heteroatoms. The minimum absolute atomic E-state index is 0. The van der Waals surface area contributed by atoms with Gasteiger partial charge >= 0.3 is 25.7 Å². The topological polar surface area (TPSA) is 34.1 Å². The molecule has 0 aromatic heterocycles. The molecule has 0 aliphatic heterocycles. The molecule has 0 N–H and O–H groups in total. The van der Waals surface area contributed by atoms with Crippen LogP contribution < -0.4 is 0 Å². The summed E-state index contributed by atoms with van der Waals surface area (Å²) >= 11 is -2.00. The second-order valence-corrected chi connectivity index (χ2v) is 0.344. The van der Waals surface area contributed by atoms with Gasteiger partial charge in [0.1, 0.15) is 0 Å². The van der Waals surface area contributed by atoms with E-state index in [2.05, 4.69) is 0 Å². The summed E-state index contributed by atoms with van der Waals surface area (Å²) in [6.07, 6.45) is 0. The summed E-state index contributed by atoms with van der Waals surface area (Å²) in [5.74, 6) is 0. The summed E-state index contributed by atoms with van der Waals surface area (Å²) in [6.45, 7) is 0. The Morgan fingerprint density at radius 3 is 1.25 bits per heavy atom. The van der Waals surface area contributed by atoms with Gasteiger partial charge < -0.3 is 0 Å². The molecule has 0 heterocycles. The molecular formula is ArO2Ti. The molecule has 0 saturated heterocycles. The summed E-state index contributed by atoms with van der Waals surface area (Å²) in [4.78, 5) is 0. The maximum atomic E-state index is 8.50.